The van der Waals surface area contributed by atoms with Crippen molar-refractivity contribution in [3.63, 3.8) is 0 Å². The summed E-state index contributed by atoms with van der Waals surface area (Å²) in [5, 5.41) is 17.4. The molecule has 194 valence electrons. The number of hydrogen-bond donors (Lipinski definition) is 2. The number of hydrogen-bond acceptors (Lipinski definition) is 8. The molecule has 0 saturated heterocycles. The SMILES string of the molecule is CCOC(=O)COc1ccccc1/C=N\NC(=O)/C(=C\c1ccc([N+](=O)[O-])cc1)NC(=O)c1ccccc1. The minimum Gasteiger partial charge on any atom is -0.481 e. The van der Waals surface area contributed by atoms with Crippen molar-refractivity contribution in [2.24, 2.45) is 5.10 Å². The summed E-state index contributed by atoms with van der Waals surface area (Å²) in [6, 6.07) is 20.5. The van der Waals surface area contributed by atoms with E-state index in [2.05, 4.69) is 15.8 Å². The molecule has 0 aromatic heterocycles. The van der Waals surface area contributed by atoms with Gasteiger partial charge in [0.05, 0.1) is 17.7 Å². The predicted molar refractivity (Wildman–Crippen MR) is 139 cm³/mol. The lowest BCUT2D eigenvalue weighted by Gasteiger charge is -2.10. The van der Waals surface area contributed by atoms with Gasteiger partial charge in [0, 0.05) is 23.3 Å². The van der Waals surface area contributed by atoms with Crippen molar-refractivity contribution in [2.45, 2.75) is 6.92 Å². The molecule has 11 nitrogen and oxygen atoms in total. The number of nitro groups is 1. The van der Waals surface area contributed by atoms with Crippen LogP contribution in [0, 0.1) is 10.1 Å². The van der Waals surface area contributed by atoms with Gasteiger partial charge in [0.1, 0.15) is 11.4 Å². The molecule has 0 fully saturated rings. The third-order valence-electron chi connectivity index (χ3n) is 4.88. The molecule has 0 atom stereocenters. The zero-order valence-corrected chi connectivity index (χ0v) is 20.3. The van der Waals surface area contributed by atoms with Crippen molar-refractivity contribution >= 4 is 35.8 Å². The van der Waals surface area contributed by atoms with E-state index in [1.165, 1.54) is 36.6 Å². The molecule has 11 heteroatoms. The summed E-state index contributed by atoms with van der Waals surface area (Å²) in [5.41, 5.74) is 3.33. The summed E-state index contributed by atoms with van der Waals surface area (Å²) >= 11 is 0. The van der Waals surface area contributed by atoms with Gasteiger partial charge in [0.15, 0.2) is 6.61 Å². The molecule has 0 heterocycles. The summed E-state index contributed by atoms with van der Waals surface area (Å²) in [4.78, 5) is 47.6. The second-order valence-corrected chi connectivity index (χ2v) is 7.56. The quantitative estimate of drug-likeness (QED) is 0.130. The van der Waals surface area contributed by atoms with Gasteiger partial charge in [0.2, 0.25) is 0 Å². The molecule has 2 amide bonds. The molecule has 0 saturated carbocycles. The van der Waals surface area contributed by atoms with E-state index in [1.54, 1.807) is 61.5 Å². The average molecular weight is 517 g/mol. The Morgan fingerprint density at radius 3 is 2.34 bits per heavy atom. The number of esters is 1. The molecular formula is C27H24N4O7. The van der Waals surface area contributed by atoms with Crippen LogP contribution in [-0.4, -0.2) is 42.1 Å². The Kier molecular flexibility index (Phi) is 9.82. The largest absolute Gasteiger partial charge is 0.481 e. The second-order valence-electron chi connectivity index (χ2n) is 7.56. The van der Waals surface area contributed by atoms with Gasteiger partial charge in [-0.05, 0) is 55.0 Å². The molecule has 0 aliphatic rings. The number of benzene rings is 3. The van der Waals surface area contributed by atoms with Crippen LogP contribution in [0.15, 0.2) is 89.7 Å². The number of nitrogens with zero attached hydrogens (tertiary/aromatic N) is 2. The smallest absolute Gasteiger partial charge is 0.344 e. The van der Waals surface area contributed by atoms with Crippen LogP contribution >= 0.6 is 0 Å². The van der Waals surface area contributed by atoms with Gasteiger partial charge < -0.3 is 14.8 Å². The van der Waals surface area contributed by atoms with Crippen LogP contribution in [0.5, 0.6) is 5.75 Å². The first-order valence-corrected chi connectivity index (χ1v) is 11.4. The highest BCUT2D eigenvalue weighted by molar-refractivity contribution is 6.05. The number of carbonyl (C=O) groups excluding carboxylic acids is 3. The average Bonchev–Trinajstić information content (AvgIpc) is 2.93. The number of carbonyl (C=O) groups is 3. The number of nitrogens with one attached hydrogen (secondary N) is 2. The van der Waals surface area contributed by atoms with Crippen molar-refractivity contribution in [3.05, 3.63) is 111 Å². The number of rotatable bonds is 11. The van der Waals surface area contributed by atoms with Crippen LogP contribution in [-0.2, 0) is 14.3 Å². The Balaban J connectivity index is 1.78. The van der Waals surface area contributed by atoms with Crippen LogP contribution in [0.1, 0.15) is 28.4 Å². The standard InChI is InChI=1S/C27H24N4O7/c1-2-37-25(32)18-38-24-11-7-6-10-21(24)17-28-30-27(34)23(29-26(33)20-8-4-3-5-9-20)16-19-12-14-22(15-13-19)31(35)36/h3-17H,2,18H2,1H3,(H,29,33)(H,30,34)/b23-16+,28-17-. The summed E-state index contributed by atoms with van der Waals surface area (Å²) in [5.74, 6) is -1.45. The Labute approximate surface area is 217 Å². The maximum atomic E-state index is 12.9. The first kappa shape index (κ1) is 27.3. The van der Waals surface area contributed by atoms with Gasteiger partial charge in [0.25, 0.3) is 17.5 Å². The highest BCUT2D eigenvalue weighted by Gasteiger charge is 2.15. The van der Waals surface area contributed by atoms with E-state index in [4.69, 9.17) is 9.47 Å². The van der Waals surface area contributed by atoms with Crippen molar-refractivity contribution in [2.75, 3.05) is 13.2 Å². The van der Waals surface area contributed by atoms with E-state index >= 15 is 0 Å². The number of nitro benzene ring substituents is 1. The normalized spacial score (nSPS) is 11.0. The number of non-ortho nitro benzene ring substituents is 1. The molecule has 3 aromatic carbocycles. The molecule has 0 radical (unpaired) electrons. The van der Waals surface area contributed by atoms with Crippen molar-refractivity contribution in [3.8, 4) is 5.75 Å². The van der Waals surface area contributed by atoms with E-state index in [0.717, 1.165) is 0 Å². The summed E-state index contributed by atoms with van der Waals surface area (Å²) in [6.45, 7) is 1.63. The monoisotopic (exact) mass is 516 g/mol. The highest BCUT2D eigenvalue weighted by Crippen LogP contribution is 2.16. The fourth-order valence-corrected chi connectivity index (χ4v) is 3.08. The Morgan fingerprint density at radius 1 is 0.974 bits per heavy atom. The molecule has 0 unspecified atom stereocenters. The molecule has 38 heavy (non-hydrogen) atoms. The third kappa shape index (κ3) is 8.12. The van der Waals surface area contributed by atoms with Gasteiger partial charge in [-0.2, -0.15) is 5.10 Å². The first-order valence-electron chi connectivity index (χ1n) is 11.4. The van der Waals surface area contributed by atoms with Gasteiger partial charge in [-0.25, -0.2) is 10.2 Å². The van der Waals surface area contributed by atoms with Crippen LogP contribution < -0.4 is 15.5 Å². The van der Waals surface area contributed by atoms with Crippen LogP contribution in [0.3, 0.4) is 0 Å². The molecule has 0 spiro atoms. The molecule has 3 aromatic rings. The fourth-order valence-electron chi connectivity index (χ4n) is 3.08. The minimum absolute atomic E-state index is 0.116. The summed E-state index contributed by atoms with van der Waals surface area (Å²) in [7, 11) is 0. The topological polar surface area (TPSA) is 149 Å². The van der Waals surface area contributed by atoms with E-state index in [9.17, 15) is 24.5 Å². The lowest BCUT2D eigenvalue weighted by molar-refractivity contribution is -0.384. The van der Waals surface area contributed by atoms with Gasteiger partial charge in [-0.1, -0.05) is 30.3 Å². The van der Waals surface area contributed by atoms with E-state index in [1.807, 2.05) is 0 Å². The lowest BCUT2D eigenvalue weighted by atomic mass is 10.1. The van der Waals surface area contributed by atoms with Gasteiger partial charge in [-0.3, -0.25) is 19.7 Å². The zero-order chi connectivity index (χ0) is 27.3. The van der Waals surface area contributed by atoms with E-state index in [-0.39, 0.29) is 24.6 Å². The van der Waals surface area contributed by atoms with Crippen molar-refractivity contribution in [1.82, 2.24) is 10.7 Å². The lowest BCUT2D eigenvalue weighted by Crippen LogP contribution is -2.32. The van der Waals surface area contributed by atoms with E-state index < -0.39 is 22.7 Å². The van der Waals surface area contributed by atoms with E-state index in [0.29, 0.717) is 22.4 Å². The molecule has 2 N–H and O–H groups in total. The Hall–Kier alpha value is -5.32. The molecule has 3 rings (SSSR count). The molecular weight excluding hydrogens is 492 g/mol. The Morgan fingerprint density at radius 2 is 1.66 bits per heavy atom. The number of amides is 2. The number of hydrazone groups is 1. The maximum Gasteiger partial charge on any atom is 0.344 e. The zero-order valence-electron chi connectivity index (χ0n) is 20.3. The predicted octanol–water partition coefficient (Wildman–Crippen LogP) is 3.46. The summed E-state index contributed by atoms with van der Waals surface area (Å²) < 4.78 is 10.3. The van der Waals surface area contributed by atoms with Crippen LogP contribution in [0.25, 0.3) is 6.08 Å². The first-order chi connectivity index (χ1) is 18.4. The van der Waals surface area contributed by atoms with Crippen molar-refractivity contribution < 1.29 is 28.8 Å². The van der Waals surface area contributed by atoms with Crippen LogP contribution in [0.2, 0.25) is 0 Å². The molecule has 0 bridgehead atoms. The third-order valence-corrected chi connectivity index (χ3v) is 4.88. The number of para-hydroxylation sites is 1. The Bertz CT molecular complexity index is 1350. The fraction of sp³-hybridized carbons (Fsp3) is 0.111. The summed E-state index contributed by atoms with van der Waals surface area (Å²) in [6.07, 6.45) is 2.69. The second kappa shape index (κ2) is 13.7. The highest BCUT2D eigenvalue weighted by atomic mass is 16.6. The maximum absolute atomic E-state index is 12.9. The minimum atomic E-state index is -0.742. The number of ether oxygens (including phenoxy) is 2. The molecule has 0 aliphatic carbocycles. The molecule has 0 aliphatic heterocycles. The van der Waals surface area contributed by atoms with Gasteiger partial charge >= 0.3 is 5.97 Å². The van der Waals surface area contributed by atoms with Crippen molar-refractivity contribution in [1.29, 1.82) is 0 Å². The van der Waals surface area contributed by atoms with Gasteiger partial charge in [-0.15, -0.1) is 0 Å². The van der Waals surface area contributed by atoms with Crippen LogP contribution in [0.4, 0.5) is 5.69 Å².